The highest BCUT2D eigenvalue weighted by atomic mass is 16.5. The summed E-state index contributed by atoms with van der Waals surface area (Å²) in [6, 6.07) is 0.294. The molecule has 5 nitrogen and oxygen atoms in total. The summed E-state index contributed by atoms with van der Waals surface area (Å²) in [5.41, 5.74) is 0.113. The van der Waals surface area contributed by atoms with E-state index >= 15 is 0 Å². The first kappa shape index (κ1) is 7.59. The van der Waals surface area contributed by atoms with E-state index in [4.69, 9.17) is 9.84 Å². The Balaban J connectivity index is 3.10. The van der Waals surface area contributed by atoms with E-state index in [1.54, 1.807) is 7.05 Å². The van der Waals surface area contributed by atoms with Crippen LogP contribution in [0, 0.1) is 0 Å². The van der Waals surface area contributed by atoms with Crippen LogP contribution in [0.1, 0.15) is 10.5 Å². The zero-order valence-electron chi connectivity index (χ0n) is 6.24. The third-order valence-electron chi connectivity index (χ3n) is 1.35. The minimum absolute atomic E-state index is 0.113. The van der Waals surface area contributed by atoms with Gasteiger partial charge in [0, 0.05) is 7.05 Å². The highest BCUT2D eigenvalue weighted by Crippen LogP contribution is 2.08. The molecule has 0 atom stereocenters. The average molecular weight is 156 g/mol. The van der Waals surface area contributed by atoms with Crippen LogP contribution in [0.4, 0.5) is 0 Å². The largest absolute Gasteiger partial charge is 0.477 e. The van der Waals surface area contributed by atoms with Gasteiger partial charge in [-0.05, 0) is 0 Å². The van der Waals surface area contributed by atoms with Crippen molar-refractivity contribution >= 4 is 5.97 Å². The van der Waals surface area contributed by atoms with Crippen molar-refractivity contribution in [2.24, 2.45) is 7.05 Å². The smallest absolute Gasteiger partial charge is 0.354 e. The number of imidazole rings is 1. The standard InChI is InChI=1S/C6H8N2O3/c1-8-4(5(9)10)3-7-6(8)11-2/h3H,1-2H3,(H,9,10). The third kappa shape index (κ3) is 1.17. The first-order valence-corrected chi connectivity index (χ1v) is 2.96. The molecule has 0 fully saturated rings. The molecule has 0 unspecified atom stereocenters. The first-order valence-electron chi connectivity index (χ1n) is 2.96. The molecule has 60 valence electrons. The predicted octanol–water partition coefficient (Wildman–Crippen LogP) is 0.127. The van der Waals surface area contributed by atoms with E-state index in [9.17, 15) is 4.79 Å². The van der Waals surface area contributed by atoms with E-state index < -0.39 is 5.97 Å². The summed E-state index contributed by atoms with van der Waals surface area (Å²) in [6.45, 7) is 0. The highest BCUT2D eigenvalue weighted by Gasteiger charge is 2.11. The third-order valence-corrected chi connectivity index (χ3v) is 1.35. The molecule has 0 saturated heterocycles. The number of carboxylic acid groups (broad SMARTS) is 1. The van der Waals surface area contributed by atoms with Crippen molar-refractivity contribution in [1.29, 1.82) is 0 Å². The summed E-state index contributed by atoms with van der Waals surface area (Å²) in [6.07, 6.45) is 1.25. The molecule has 0 aliphatic heterocycles. The number of nitrogens with zero attached hydrogens (tertiary/aromatic N) is 2. The van der Waals surface area contributed by atoms with Crippen LogP contribution in [0.25, 0.3) is 0 Å². The molecule has 0 saturated carbocycles. The fraction of sp³-hybridized carbons (Fsp3) is 0.333. The van der Waals surface area contributed by atoms with Gasteiger partial charge in [-0.25, -0.2) is 9.78 Å². The van der Waals surface area contributed by atoms with Gasteiger partial charge in [-0.3, -0.25) is 4.57 Å². The summed E-state index contributed by atoms with van der Waals surface area (Å²) >= 11 is 0. The van der Waals surface area contributed by atoms with Crippen molar-refractivity contribution in [3.63, 3.8) is 0 Å². The molecule has 1 aromatic heterocycles. The molecule has 1 heterocycles. The molecule has 5 heteroatoms. The summed E-state index contributed by atoms with van der Waals surface area (Å²) in [5.74, 6) is -1.01. The van der Waals surface area contributed by atoms with Crippen molar-refractivity contribution < 1.29 is 14.6 Å². The Morgan fingerprint density at radius 2 is 2.45 bits per heavy atom. The Morgan fingerprint density at radius 1 is 1.82 bits per heavy atom. The zero-order valence-corrected chi connectivity index (χ0v) is 6.24. The number of aromatic carboxylic acids is 1. The summed E-state index contributed by atoms with van der Waals surface area (Å²) < 4.78 is 6.13. The minimum atomic E-state index is -1.01. The maximum absolute atomic E-state index is 10.4. The number of hydrogen-bond acceptors (Lipinski definition) is 3. The molecule has 0 aliphatic rings. The van der Waals surface area contributed by atoms with Crippen LogP contribution in [0.5, 0.6) is 6.01 Å². The number of rotatable bonds is 2. The van der Waals surface area contributed by atoms with Gasteiger partial charge in [0.2, 0.25) is 0 Å². The van der Waals surface area contributed by atoms with E-state index in [1.165, 1.54) is 17.9 Å². The van der Waals surface area contributed by atoms with Gasteiger partial charge in [0.15, 0.2) is 0 Å². The van der Waals surface area contributed by atoms with Crippen LogP contribution in [-0.4, -0.2) is 27.7 Å². The number of hydrogen-bond donors (Lipinski definition) is 1. The Labute approximate surface area is 63.2 Å². The summed E-state index contributed by atoms with van der Waals surface area (Å²) in [7, 11) is 3.02. The number of aromatic nitrogens is 2. The summed E-state index contributed by atoms with van der Waals surface area (Å²) in [4.78, 5) is 14.2. The van der Waals surface area contributed by atoms with Gasteiger partial charge < -0.3 is 9.84 Å². The van der Waals surface area contributed by atoms with Crippen molar-refractivity contribution in [2.45, 2.75) is 0 Å². The average Bonchev–Trinajstić information content (AvgIpc) is 2.30. The monoisotopic (exact) mass is 156 g/mol. The quantitative estimate of drug-likeness (QED) is 0.660. The molecule has 0 bridgehead atoms. The van der Waals surface area contributed by atoms with Crippen LogP contribution in [0.15, 0.2) is 6.20 Å². The maximum atomic E-state index is 10.4. The van der Waals surface area contributed by atoms with Gasteiger partial charge in [-0.1, -0.05) is 0 Å². The highest BCUT2D eigenvalue weighted by molar-refractivity contribution is 5.85. The van der Waals surface area contributed by atoms with Gasteiger partial charge >= 0.3 is 5.97 Å². The fourth-order valence-corrected chi connectivity index (χ4v) is 0.781. The molecular weight excluding hydrogens is 148 g/mol. The minimum Gasteiger partial charge on any atom is -0.477 e. The normalized spacial score (nSPS) is 9.64. The maximum Gasteiger partial charge on any atom is 0.354 e. The van der Waals surface area contributed by atoms with Gasteiger partial charge in [0.1, 0.15) is 5.69 Å². The lowest BCUT2D eigenvalue weighted by atomic mass is 10.5. The van der Waals surface area contributed by atoms with Crippen LogP contribution in [0.3, 0.4) is 0 Å². The SMILES string of the molecule is COc1ncc(C(=O)O)n1C. The second-order valence-corrected chi connectivity index (χ2v) is 1.99. The van der Waals surface area contributed by atoms with Gasteiger partial charge in [0.05, 0.1) is 13.3 Å². The molecular formula is C6H8N2O3. The lowest BCUT2D eigenvalue weighted by Crippen LogP contribution is -2.05. The molecule has 0 aromatic carbocycles. The van der Waals surface area contributed by atoms with Crippen LogP contribution < -0.4 is 4.74 Å². The van der Waals surface area contributed by atoms with Crippen molar-refractivity contribution in [3.05, 3.63) is 11.9 Å². The van der Waals surface area contributed by atoms with E-state index in [0.717, 1.165) is 0 Å². The Hall–Kier alpha value is -1.52. The number of methoxy groups -OCH3 is 1. The second-order valence-electron chi connectivity index (χ2n) is 1.99. The van der Waals surface area contributed by atoms with Crippen LogP contribution in [0.2, 0.25) is 0 Å². The lowest BCUT2D eigenvalue weighted by molar-refractivity contribution is 0.0685. The predicted molar refractivity (Wildman–Crippen MR) is 36.7 cm³/mol. The summed E-state index contributed by atoms with van der Waals surface area (Å²) in [5, 5.41) is 8.56. The van der Waals surface area contributed by atoms with E-state index in [2.05, 4.69) is 4.98 Å². The number of carboxylic acids is 1. The van der Waals surface area contributed by atoms with Crippen LogP contribution >= 0.6 is 0 Å². The zero-order chi connectivity index (χ0) is 8.43. The topological polar surface area (TPSA) is 64.3 Å². The van der Waals surface area contributed by atoms with Gasteiger partial charge in [-0.15, -0.1) is 0 Å². The van der Waals surface area contributed by atoms with Crippen molar-refractivity contribution in [1.82, 2.24) is 9.55 Å². The lowest BCUT2D eigenvalue weighted by Gasteiger charge is -1.99. The molecule has 1 N–H and O–H groups in total. The Kier molecular flexibility index (Phi) is 1.80. The van der Waals surface area contributed by atoms with E-state index in [0.29, 0.717) is 6.01 Å². The van der Waals surface area contributed by atoms with Crippen molar-refractivity contribution in [3.8, 4) is 6.01 Å². The molecule has 0 amide bonds. The van der Waals surface area contributed by atoms with Crippen molar-refractivity contribution in [2.75, 3.05) is 7.11 Å². The van der Waals surface area contributed by atoms with Gasteiger partial charge in [0.25, 0.3) is 6.01 Å². The Morgan fingerprint density at radius 3 is 2.73 bits per heavy atom. The first-order chi connectivity index (χ1) is 5.16. The van der Waals surface area contributed by atoms with Crippen LogP contribution in [-0.2, 0) is 7.05 Å². The molecule has 1 aromatic rings. The number of ether oxygens (including phenoxy) is 1. The van der Waals surface area contributed by atoms with Gasteiger partial charge in [-0.2, -0.15) is 0 Å². The molecule has 0 spiro atoms. The molecule has 0 aliphatic carbocycles. The van der Waals surface area contributed by atoms with E-state index in [1.807, 2.05) is 0 Å². The molecule has 11 heavy (non-hydrogen) atoms. The molecule has 1 rings (SSSR count). The second kappa shape index (κ2) is 2.61. The fourth-order valence-electron chi connectivity index (χ4n) is 0.781. The van der Waals surface area contributed by atoms with E-state index in [-0.39, 0.29) is 5.69 Å². The Bertz CT molecular complexity index is 279. The number of carbonyl (C=O) groups is 1. The molecule has 0 radical (unpaired) electrons.